The Balaban J connectivity index is 1.75. The Kier molecular flexibility index (Phi) is 6.43. The molecule has 0 aromatic heterocycles. The number of hydrogen-bond donors (Lipinski definition) is 1. The SMILES string of the molecule is CCNCc1ccc(F)c(COCCN2CCCC2)c1. The fraction of sp³-hybridized carbons (Fsp3) is 0.625. The van der Waals surface area contributed by atoms with Gasteiger partial charge in [-0.1, -0.05) is 13.0 Å². The number of hydrogen-bond acceptors (Lipinski definition) is 3. The van der Waals surface area contributed by atoms with E-state index >= 15 is 0 Å². The van der Waals surface area contributed by atoms with Crippen molar-refractivity contribution in [1.82, 2.24) is 10.2 Å². The van der Waals surface area contributed by atoms with Gasteiger partial charge >= 0.3 is 0 Å². The lowest BCUT2D eigenvalue weighted by Crippen LogP contribution is -2.24. The zero-order valence-electron chi connectivity index (χ0n) is 12.3. The Hall–Kier alpha value is -0.970. The fourth-order valence-corrected chi connectivity index (χ4v) is 2.50. The number of rotatable bonds is 8. The van der Waals surface area contributed by atoms with Crippen LogP contribution in [0.2, 0.25) is 0 Å². The minimum Gasteiger partial charge on any atom is -0.375 e. The van der Waals surface area contributed by atoms with E-state index in [9.17, 15) is 4.39 Å². The van der Waals surface area contributed by atoms with Gasteiger partial charge in [-0.15, -0.1) is 0 Å². The van der Waals surface area contributed by atoms with E-state index in [2.05, 4.69) is 17.1 Å². The first kappa shape index (κ1) is 15.4. The highest BCUT2D eigenvalue weighted by molar-refractivity contribution is 5.24. The summed E-state index contributed by atoms with van der Waals surface area (Å²) in [7, 11) is 0. The molecule has 0 bridgehead atoms. The summed E-state index contributed by atoms with van der Waals surface area (Å²) in [5, 5.41) is 3.25. The minimum atomic E-state index is -0.175. The van der Waals surface area contributed by atoms with Gasteiger partial charge in [0, 0.05) is 18.7 Å². The van der Waals surface area contributed by atoms with Gasteiger partial charge in [0.05, 0.1) is 13.2 Å². The second-order valence-corrected chi connectivity index (χ2v) is 5.31. The second-order valence-electron chi connectivity index (χ2n) is 5.31. The molecule has 0 aliphatic carbocycles. The summed E-state index contributed by atoms with van der Waals surface area (Å²) < 4.78 is 19.3. The summed E-state index contributed by atoms with van der Waals surface area (Å²) in [6, 6.07) is 5.26. The highest BCUT2D eigenvalue weighted by atomic mass is 19.1. The number of benzene rings is 1. The highest BCUT2D eigenvalue weighted by Crippen LogP contribution is 2.12. The molecule has 1 aliphatic rings. The number of nitrogens with one attached hydrogen (secondary N) is 1. The smallest absolute Gasteiger partial charge is 0.128 e. The molecule has 1 N–H and O–H groups in total. The van der Waals surface area contributed by atoms with Crippen molar-refractivity contribution >= 4 is 0 Å². The van der Waals surface area contributed by atoms with E-state index in [1.807, 2.05) is 12.1 Å². The summed E-state index contributed by atoms with van der Waals surface area (Å²) in [6.45, 7) is 8.10. The van der Waals surface area contributed by atoms with E-state index < -0.39 is 0 Å². The third-order valence-electron chi connectivity index (χ3n) is 3.70. The molecule has 1 heterocycles. The van der Waals surface area contributed by atoms with Crippen LogP contribution in [0, 0.1) is 5.82 Å². The average molecular weight is 280 g/mol. The number of ether oxygens (including phenoxy) is 1. The summed E-state index contributed by atoms with van der Waals surface area (Å²) in [5.74, 6) is -0.175. The number of halogens is 1. The van der Waals surface area contributed by atoms with E-state index in [0.29, 0.717) is 18.8 Å². The fourth-order valence-electron chi connectivity index (χ4n) is 2.50. The standard InChI is InChI=1S/C16H25FN2O/c1-2-18-12-14-5-6-16(17)15(11-14)13-20-10-9-19-7-3-4-8-19/h5-6,11,18H,2-4,7-10,12-13H2,1H3. The van der Waals surface area contributed by atoms with Crippen molar-refractivity contribution in [1.29, 1.82) is 0 Å². The molecule has 0 unspecified atom stereocenters. The van der Waals surface area contributed by atoms with Gasteiger partial charge in [-0.05, 0) is 50.2 Å². The molecular formula is C16H25FN2O. The maximum atomic E-state index is 13.7. The van der Waals surface area contributed by atoms with Crippen LogP contribution in [0.4, 0.5) is 4.39 Å². The van der Waals surface area contributed by atoms with Gasteiger partial charge in [0.1, 0.15) is 5.82 Å². The predicted octanol–water partition coefficient (Wildman–Crippen LogP) is 2.55. The molecule has 0 spiro atoms. The molecule has 3 nitrogen and oxygen atoms in total. The monoisotopic (exact) mass is 280 g/mol. The number of likely N-dealkylation sites (tertiary alicyclic amines) is 1. The maximum Gasteiger partial charge on any atom is 0.128 e. The van der Waals surface area contributed by atoms with E-state index in [4.69, 9.17) is 4.74 Å². The lowest BCUT2D eigenvalue weighted by atomic mass is 10.1. The van der Waals surface area contributed by atoms with Crippen LogP contribution in [0.1, 0.15) is 30.9 Å². The molecule has 0 radical (unpaired) electrons. The van der Waals surface area contributed by atoms with E-state index in [1.54, 1.807) is 0 Å². The van der Waals surface area contributed by atoms with Crippen molar-refractivity contribution < 1.29 is 9.13 Å². The van der Waals surface area contributed by atoms with Gasteiger partial charge in [-0.2, -0.15) is 0 Å². The first-order valence-electron chi connectivity index (χ1n) is 7.57. The molecule has 112 valence electrons. The number of nitrogens with zero attached hydrogens (tertiary/aromatic N) is 1. The first-order chi connectivity index (χ1) is 9.79. The topological polar surface area (TPSA) is 24.5 Å². The van der Waals surface area contributed by atoms with Crippen LogP contribution in [-0.4, -0.2) is 37.7 Å². The highest BCUT2D eigenvalue weighted by Gasteiger charge is 2.10. The molecule has 1 aliphatic heterocycles. The molecule has 0 amide bonds. The van der Waals surface area contributed by atoms with E-state index in [0.717, 1.165) is 25.2 Å². The Morgan fingerprint density at radius 1 is 1.30 bits per heavy atom. The Morgan fingerprint density at radius 2 is 2.10 bits per heavy atom. The van der Waals surface area contributed by atoms with Crippen LogP contribution >= 0.6 is 0 Å². The van der Waals surface area contributed by atoms with Gasteiger partial charge in [0.15, 0.2) is 0 Å². The van der Waals surface area contributed by atoms with Crippen molar-refractivity contribution in [3.8, 4) is 0 Å². The van der Waals surface area contributed by atoms with Crippen molar-refractivity contribution in [3.05, 3.63) is 35.1 Å². The van der Waals surface area contributed by atoms with Crippen molar-refractivity contribution in [2.75, 3.05) is 32.8 Å². The first-order valence-corrected chi connectivity index (χ1v) is 7.57. The lowest BCUT2D eigenvalue weighted by molar-refractivity contribution is 0.0973. The zero-order chi connectivity index (χ0) is 14.2. The lowest BCUT2D eigenvalue weighted by Gasteiger charge is -2.14. The van der Waals surface area contributed by atoms with Crippen molar-refractivity contribution in [2.45, 2.75) is 32.9 Å². The Labute approximate surface area is 121 Å². The van der Waals surface area contributed by atoms with Gasteiger partial charge in [-0.3, -0.25) is 0 Å². The molecule has 1 aromatic rings. The predicted molar refractivity (Wildman–Crippen MR) is 79.1 cm³/mol. The Bertz CT molecular complexity index is 405. The maximum absolute atomic E-state index is 13.7. The minimum absolute atomic E-state index is 0.175. The van der Waals surface area contributed by atoms with Gasteiger partial charge in [-0.25, -0.2) is 4.39 Å². The molecule has 0 saturated carbocycles. The normalized spacial score (nSPS) is 15.9. The molecule has 2 rings (SSSR count). The summed E-state index contributed by atoms with van der Waals surface area (Å²) in [6.07, 6.45) is 2.59. The zero-order valence-corrected chi connectivity index (χ0v) is 12.3. The summed E-state index contributed by atoms with van der Waals surface area (Å²) >= 11 is 0. The molecule has 0 atom stereocenters. The third kappa shape index (κ3) is 4.85. The molecule has 20 heavy (non-hydrogen) atoms. The molecular weight excluding hydrogens is 255 g/mol. The third-order valence-corrected chi connectivity index (χ3v) is 3.70. The average Bonchev–Trinajstić information content (AvgIpc) is 2.97. The van der Waals surface area contributed by atoms with Gasteiger partial charge < -0.3 is 15.0 Å². The van der Waals surface area contributed by atoms with Crippen LogP contribution < -0.4 is 5.32 Å². The van der Waals surface area contributed by atoms with Crippen LogP contribution in [-0.2, 0) is 17.9 Å². The Morgan fingerprint density at radius 3 is 2.85 bits per heavy atom. The van der Waals surface area contributed by atoms with Crippen LogP contribution in [0.3, 0.4) is 0 Å². The van der Waals surface area contributed by atoms with Gasteiger partial charge in [0.25, 0.3) is 0 Å². The van der Waals surface area contributed by atoms with Crippen molar-refractivity contribution in [3.63, 3.8) is 0 Å². The van der Waals surface area contributed by atoms with Crippen molar-refractivity contribution in [2.24, 2.45) is 0 Å². The summed E-state index contributed by atoms with van der Waals surface area (Å²) in [5.41, 5.74) is 1.76. The van der Waals surface area contributed by atoms with E-state index in [-0.39, 0.29) is 5.82 Å². The second kappa shape index (κ2) is 8.35. The van der Waals surface area contributed by atoms with Crippen LogP contribution in [0.15, 0.2) is 18.2 Å². The van der Waals surface area contributed by atoms with Gasteiger partial charge in [0.2, 0.25) is 0 Å². The molecule has 1 fully saturated rings. The quantitative estimate of drug-likeness (QED) is 0.741. The van der Waals surface area contributed by atoms with E-state index in [1.165, 1.54) is 32.0 Å². The summed E-state index contributed by atoms with van der Waals surface area (Å²) in [4.78, 5) is 2.40. The molecule has 4 heteroatoms. The molecule has 1 aromatic carbocycles. The largest absolute Gasteiger partial charge is 0.375 e. The molecule has 1 saturated heterocycles. The van der Waals surface area contributed by atoms with Crippen LogP contribution in [0.5, 0.6) is 0 Å². The van der Waals surface area contributed by atoms with Crippen LogP contribution in [0.25, 0.3) is 0 Å².